The highest BCUT2D eigenvalue weighted by atomic mass is 35.5. The molecule has 0 N–H and O–H groups in total. The lowest BCUT2D eigenvalue weighted by Crippen LogP contribution is -2.37. The predicted octanol–water partition coefficient (Wildman–Crippen LogP) is 2.58. The van der Waals surface area contributed by atoms with Gasteiger partial charge in [0.15, 0.2) is 0 Å². The number of halogens is 1. The van der Waals surface area contributed by atoms with E-state index in [0.717, 1.165) is 40.9 Å². The van der Waals surface area contributed by atoms with E-state index >= 15 is 0 Å². The Balaban J connectivity index is 1.83. The van der Waals surface area contributed by atoms with Crippen LogP contribution in [0.2, 0.25) is 5.28 Å². The molecule has 0 unspecified atom stereocenters. The zero-order valence-corrected chi connectivity index (χ0v) is 13.1. The number of anilines is 1. The van der Waals surface area contributed by atoms with Gasteiger partial charge in [0, 0.05) is 36.4 Å². The lowest BCUT2D eigenvalue weighted by Gasteiger charge is -2.28. The highest BCUT2D eigenvalue weighted by Gasteiger charge is 2.17. The molecule has 7 heteroatoms. The second-order valence-electron chi connectivity index (χ2n) is 5.27. The van der Waals surface area contributed by atoms with E-state index in [-0.39, 0.29) is 5.28 Å². The monoisotopic (exact) mass is 327 g/mol. The van der Waals surface area contributed by atoms with Gasteiger partial charge in [0.2, 0.25) is 5.28 Å². The predicted molar refractivity (Wildman–Crippen MR) is 88.6 cm³/mol. The van der Waals surface area contributed by atoms with Crippen LogP contribution in [0, 0.1) is 0 Å². The number of fused-ring (bicyclic) bond motifs is 1. The van der Waals surface area contributed by atoms with Crippen LogP contribution in [0.3, 0.4) is 0 Å². The van der Waals surface area contributed by atoms with Crippen LogP contribution in [-0.2, 0) is 4.74 Å². The van der Waals surface area contributed by atoms with Crippen molar-refractivity contribution in [2.24, 2.45) is 0 Å². The molecule has 1 aromatic carbocycles. The number of aromatic nitrogens is 4. The SMILES string of the molecule is Clc1nc(N2CCOCC2)c2ccc(-c3cncnc3)cc2n1. The standard InChI is InChI=1S/C16H14ClN5O/c17-16-20-14-7-11(12-8-18-10-19-9-12)1-2-13(14)15(21-16)22-3-5-23-6-4-22/h1-2,7-10H,3-6H2. The Morgan fingerprint density at radius 1 is 1.00 bits per heavy atom. The summed E-state index contributed by atoms with van der Waals surface area (Å²) in [6, 6.07) is 6.05. The Morgan fingerprint density at radius 3 is 2.57 bits per heavy atom. The Hall–Kier alpha value is -2.31. The minimum atomic E-state index is 0.250. The van der Waals surface area contributed by atoms with E-state index in [4.69, 9.17) is 16.3 Å². The fraction of sp³-hybridized carbons (Fsp3) is 0.250. The fourth-order valence-corrected chi connectivity index (χ4v) is 2.90. The normalized spacial score (nSPS) is 15.1. The summed E-state index contributed by atoms with van der Waals surface area (Å²) in [6.45, 7) is 3.00. The van der Waals surface area contributed by atoms with E-state index in [1.165, 1.54) is 6.33 Å². The average molecular weight is 328 g/mol. The summed E-state index contributed by atoms with van der Waals surface area (Å²) in [5, 5.41) is 1.23. The molecule has 23 heavy (non-hydrogen) atoms. The van der Waals surface area contributed by atoms with Crippen molar-refractivity contribution in [3.63, 3.8) is 0 Å². The van der Waals surface area contributed by atoms with Crippen LogP contribution in [0.5, 0.6) is 0 Å². The Labute approximate surface area is 138 Å². The first-order chi connectivity index (χ1) is 11.3. The van der Waals surface area contributed by atoms with Crippen molar-refractivity contribution in [3.8, 4) is 11.1 Å². The second-order valence-corrected chi connectivity index (χ2v) is 5.61. The van der Waals surface area contributed by atoms with Gasteiger partial charge in [-0.25, -0.2) is 15.0 Å². The van der Waals surface area contributed by atoms with E-state index in [2.05, 4.69) is 24.8 Å². The molecule has 0 atom stereocenters. The molecule has 0 radical (unpaired) electrons. The van der Waals surface area contributed by atoms with Crippen LogP contribution in [0.15, 0.2) is 36.9 Å². The minimum Gasteiger partial charge on any atom is -0.378 e. The van der Waals surface area contributed by atoms with E-state index in [1.807, 2.05) is 18.2 Å². The first kappa shape index (κ1) is 14.3. The quantitative estimate of drug-likeness (QED) is 0.674. The van der Waals surface area contributed by atoms with Gasteiger partial charge in [-0.3, -0.25) is 0 Å². The van der Waals surface area contributed by atoms with Gasteiger partial charge in [0.05, 0.1) is 18.7 Å². The fourth-order valence-electron chi connectivity index (χ4n) is 2.73. The molecule has 0 amide bonds. The van der Waals surface area contributed by atoms with Crippen molar-refractivity contribution in [1.29, 1.82) is 0 Å². The van der Waals surface area contributed by atoms with Crippen LogP contribution in [0.1, 0.15) is 0 Å². The molecule has 116 valence electrons. The van der Waals surface area contributed by atoms with Crippen molar-refractivity contribution in [2.45, 2.75) is 0 Å². The van der Waals surface area contributed by atoms with E-state index in [9.17, 15) is 0 Å². The number of hydrogen-bond acceptors (Lipinski definition) is 6. The highest BCUT2D eigenvalue weighted by Crippen LogP contribution is 2.29. The largest absolute Gasteiger partial charge is 0.378 e. The van der Waals surface area contributed by atoms with Gasteiger partial charge in [-0.15, -0.1) is 0 Å². The molecule has 2 aromatic heterocycles. The van der Waals surface area contributed by atoms with E-state index < -0.39 is 0 Å². The third-order valence-electron chi connectivity index (χ3n) is 3.85. The molecule has 3 heterocycles. The molecule has 0 bridgehead atoms. The summed E-state index contributed by atoms with van der Waals surface area (Å²) < 4.78 is 5.41. The Kier molecular flexibility index (Phi) is 3.77. The van der Waals surface area contributed by atoms with Crippen molar-refractivity contribution in [3.05, 3.63) is 42.2 Å². The van der Waals surface area contributed by atoms with Gasteiger partial charge < -0.3 is 9.64 Å². The summed E-state index contributed by atoms with van der Waals surface area (Å²) in [4.78, 5) is 19.1. The van der Waals surface area contributed by atoms with Gasteiger partial charge in [0.25, 0.3) is 0 Å². The molecule has 6 nitrogen and oxygen atoms in total. The van der Waals surface area contributed by atoms with Crippen LogP contribution >= 0.6 is 11.6 Å². The van der Waals surface area contributed by atoms with Crippen LogP contribution < -0.4 is 4.90 Å². The van der Waals surface area contributed by atoms with Gasteiger partial charge in [-0.2, -0.15) is 4.98 Å². The van der Waals surface area contributed by atoms with E-state index in [1.54, 1.807) is 12.4 Å². The lowest BCUT2D eigenvalue weighted by molar-refractivity contribution is 0.122. The minimum absolute atomic E-state index is 0.250. The Morgan fingerprint density at radius 2 is 1.78 bits per heavy atom. The zero-order chi connectivity index (χ0) is 15.6. The number of benzene rings is 1. The molecular formula is C16H14ClN5O. The third-order valence-corrected chi connectivity index (χ3v) is 4.02. The first-order valence-electron chi connectivity index (χ1n) is 7.37. The van der Waals surface area contributed by atoms with Crippen LogP contribution in [0.25, 0.3) is 22.0 Å². The molecule has 1 aliphatic heterocycles. The maximum atomic E-state index is 6.14. The number of nitrogens with zero attached hydrogens (tertiary/aromatic N) is 5. The number of ether oxygens (including phenoxy) is 1. The smallest absolute Gasteiger partial charge is 0.224 e. The van der Waals surface area contributed by atoms with Crippen LogP contribution in [-0.4, -0.2) is 46.2 Å². The molecular weight excluding hydrogens is 314 g/mol. The number of rotatable bonds is 2. The molecule has 0 spiro atoms. The molecule has 1 fully saturated rings. The summed E-state index contributed by atoms with van der Waals surface area (Å²) in [6.07, 6.45) is 5.07. The number of hydrogen-bond donors (Lipinski definition) is 0. The van der Waals surface area contributed by atoms with Gasteiger partial charge in [-0.05, 0) is 29.3 Å². The molecule has 0 aliphatic carbocycles. The van der Waals surface area contributed by atoms with Gasteiger partial charge in [-0.1, -0.05) is 6.07 Å². The maximum Gasteiger partial charge on any atom is 0.224 e. The Bertz CT molecular complexity index is 836. The highest BCUT2D eigenvalue weighted by molar-refractivity contribution is 6.28. The summed E-state index contributed by atoms with van der Waals surface area (Å²) in [5.41, 5.74) is 2.76. The first-order valence-corrected chi connectivity index (χ1v) is 7.74. The average Bonchev–Trinajstić information content (AvgIpc) is 2.62. The van der Waals surface area contributed by atoms with Crippen molar-refractivity contribution >= 4 is 28.3 Å². The van der Waals surface area contributed by atoms with Crippen molar-refractivity contribution < 1.29 is 4.74 Å². The summed E-state index contributed by atoms with van der Waals surface area (Å²) >= 11 is 6.14. The third kappa shape index (κ3) is 2.83. The zero-order valence-electron chi connectivity index (χ0n) is 12.3. The van der Waals surface area contributed by atoms with Gasteiger partial charge >= 0.3 is 0 Å². The van der Waals surface area contributed by atoms with Crippen molar-refractivity contribution in [1.82, 2.24) is 19.9 Å². The van der Waals surface area contributed by atoms with Gasteiger partial charge in [0.1, 0.15) is 12.1 Å². The molecule has 0 saturated carbocycles. The molecule has 1 aliphatic rings. The van der Waals surface area contributed by atoms with E-state index in [0.29, 0.717) is 13.2 Å². The maximum absolute atomic E-state index is 6.14. The number of morpholine rings is 1. The lowest BCUT2D eigenvalue weighted by atomic mass is 10.1. The molecule has 1 saturated heterocycles. The second kappa shape index (κ2) is 6.06. The molecule has 4 rings (SSSR count). The topological polar surface area (TPSA) is 64.0 Å². The summed E-state index contributed by atoms with van der Waals surface area (Å²) in [7, 11) is 0. The van der Waals surface area contributed by atoms with Crippen LogP contribution in [0.4, 0.5) is 5.82 Å². The van der Waals surface area contributed by atoms with Crippen molar-refractivity contribution in [2.75, 3.05) is 31.2 Å². The molecule has 3 aromatic rings. The summed E-state index contributed by atoms with van der Waals surface area (Å²) in [5.74, 6) is 0.860.